The van der Waals surface area contributed by atoms with Gasteiger partial charge in [-0.2, -0.15) is 0 Å². The second-order valence-electron chi connectivity index (χ2n) is 3.79. The normalized spacial score (nSPS) is 10.4. The van der Waals surface area contributed by atoms with Crippen molar-refractivity contribution in [2.24, 2.45) is 0 Å². The third-order valence-corrected chi connectivity index (χ3v) is 2.20. The van der Waals surface area contributed by atoms with Crippen LogP contribution < -0.4 is 5.32 Å². The molecule has 6 heteroatoms. The molecule has 0 aromatic carbocycles. The molecule has 1 N–H and O–H groups in total. The molecule has 0 saturated heterocycles. The number of halogens is 1. The molecule has 0 aliphatic carbocycles. The summed E-state index contributed by atoms with van der Waals surface area (Å²) >= 11 is 5.96. The molecule has 0 fully saturated rings. The van der Waals surface area contributed by atoms with E-state index in [2.05, 4.69) is 15.3 Å². The summed E-state index contributed by atoms with van der Waals surface area (Å²) in [5.41, 5.74) is 0.569. The molecule has 0 unspecified atom stereocenters. The van der Waals surface area contributed by atoms with Gasteiger partial charge >= 0.3 is 5.97 Å². The van der Waals surface area contributed by atoms with Crippen LogP contribution in [-0.4, -0.2) is 28.6 Å². The Kier molecular flexibility index (Phi) is 5.15. The Balaban J connectivity index is 2.72. The molecule has 0 spiro atoms. The first-order valence-electron chi connectivity index (χ1n) is 5.46. The number of carbonyl (C=O) groups is 1. The second kappa shape index (κ2) is 6.39. The van der Waals surface area contributed by atoms with Gasteiger partial charge in [0, 0.05) is 17.8 Å². The van der Waals surface area contributed by atoms with Gasteiger partial charge in [0.05, 0.1) is 13.0 Å². The van der Waals surface area contributed by atoms with Crippen molar-refractivity contribution in [3.63, 3.8) is 0 Å². The van der Waals surface area contributed by atoms with Crippen LogP contribution in [0.2, 0.25) is 5.15 Å². The Morgan fingerprint density at radius 1 is 1.59 bits per heavy atom. The monoisotopic (exact) mass is 257 g/mol. The molecule has 0 amide bonds. The number of hydrogen-bond acceptors (Lipinski definition) is 5. The third kappa shape index (κ3) is 4.56. The lowest BCUT2D eigenvalue weighted by Gasteiger charge is -2.09. The van der Waals surface area contributed by atoms with E-state index in [9.17, 15) is 4.79 Å². The maximum atomic E-state index is 11.3. The summed E-state index contributed by atoms with van der Waals surface area (Å²) in [5.74, 6) is 0.125. The highest BCUT2D eigenvalue weighted by Crippen LogP contribution is 2.15. The lowest BCUT2D eigenvalue weighted by molar-refractivity contribution is -0.142. The first-order valence-corrected chi connectivity index (χ1v) is 5.84. The largest absolute Gasteiger partial charge is 0.466 e. The van der Waals surface area contributed by atoms with Crippen LogP contribution in [0.4, 0.5) is 5.95 Å². The van der Waals surface area contributed by atoms with E-state index in [0.29, 0.717) is 18.1 Å². The number of ether oxygens (including phenoxy) is 1. The van der Waals surface area contributed by atoms with Crippen LogP contribution in [0.5, 0.6) is 0 Å². The molecular formula is C11H16ClN3O2. The SMILES string of the molecule is CCOC(=O)Cc1cnc(NC(C)C)nc1Cl. The number of nitrogens with zero attached hydrogens (tertiary/aromatic N) is 2. The molecule has 0 radical (unpaired) electrons. The highest BCUT2D eigenvalue weighted by molar-refractivity contribution is 6.30. The van der Waals surface area contributed by atoms with Crippen molar-refractivity contribution in [2.45, 2.75) is 33.2 Å². The zero-order valence-corrected chi connectivity index (χ0v) is 10.9. The average molecular weight is 258 g/mol. The first-order chi connectivity index (χ1) is 8.02. The van der Waals surface area contributed by atoms with Crippen LogP contribution in [0.25, 0.3) is 0 Å². The van der Waals surface area contributed by atoms with Crippen LogP contribution in [0.15, 0.2) is 6.20 Å². The van der Waals surface area contributed by atoms with Gasteiger partial charge in [0.25, 0.3) is 0 Å². The molecule has 1 rings (SSSR count). The summed E-state index contributed by atoms with van der Waals surface area (Å²) in [6, 6.07) is 0.224. The number of nitrogens with one attached hydrogen (secondary N) is 1. The summed E-state index contributed by atoms with van der Waals surface area (Å²) in [6.45, 7) is 6.06. The summed E-state index contributed by atoms with van der Waals surface area (Å²) in [4.78, 5) is 19.4. The van der Waals surface area contributed by atoms with Gasteiger partial charge in [-0.15, -0.1) is 0 Å². The molecule has 0 aliphatic rings. The van der Waals surface area contributed by atoms with Gasteiger partial charge in [0.1, 0.15) is 5.15 Å². The molecule has 0 saturated carbocycles. The van der Waals surface area contributed by atoms with Crippen molar-refractivity contribution < 1.29 is 9.53 Å². The lowest BCUT2D eigenvalue weighted by atomic mass is 10.2. The predicted molar refractivity (Wildman–Crippen MR) is 66.1 cm³/mol. The fourth-order valence-corrected chi connectivity index (χ4v) is 1.40. The number of hydrogen-bond donors (Lipinski definition) is 1. The minimum absolute atomic E-state index is 0.0919. The van der Waals surface area contributed by atoms with E-state index in [0.717, 1.165) is 0 Å². The molecule has 0 atom stereocenters. The Morgan fingerprint density at radius 2 is 2.29 bits per heavy atom. The molecule has 94 valence electrons. The minimum atomic E-state index is -0.331. The zero-order chi connectivity index (χ0) is 12.8. The van der Waals surface area contributed by atoms with Crippen LogP contribution in [-0.2, 0) is 16.0 Å². The van der Waals surface area contributed by atoms with E-state index in [4.69, 9.17) is 16.3 Å². The van der Waals surface area contributed by atoms with Gasteiger partial charge < -0.3 is 10.1 Å². The predicted octanol–water partition coefficient (Wildman–Crippen LogP) is 2.06. The Bertz CT molecular complexity index is 396. The third-order valence-electron chi connectivity index (χ3n) is 1.87. The van der Waals surface area contributed by atoms with Crippen LogP contribution in [0.1, 0.15) is 26.3 Å². The summed E-state index contributed by atoms with van der Waals surface area (Å²) in [6.07, 6.45) is 1.63. The highest BCUT2D eigenvalue weighted by atomic mass is 35.5. The first kappa shape index (κ1) is 13.7. The van der Waals surface area contributed by atoms with Gasteiger partial charge in [-0.3, -0.25) is 4.79 Å². The quantitative estimate of drug-likeness (QED) is 0.646. The van der Waals surface area contributed by atoms with Crippen LogP contribution in [0, 0.1) is 0 Å². The highest BCUT2D eigenvalue weighted by Gasteiger charge is 2.10. The van der Waals surface area contributed by atoms with E-state index in [1.54, 1.807) is 6.92 Å². The van der Waals surface area contributed by atoms with Crippen LogP contribution >= 0.6 is 11.6 Å². The second-order valence-corrected chi connectivity index (χ2v) is 4.15. The van der Waals surface area contributed by atoms with E-state index < -0.39 is 0 Å². The molecular weight excluding hydrogens is 242 g/mol. The molecule has 1 aromatic rings. The van der Waals surface area contributed by atoms with Crippen molar-refractivity contribution in [1.82, 2.24) is 9.97 Å². The van der Waals surface area contributed by atoms with Gasteiger partial charge in [-0.1, -0.05) is 11.6 Å². The van der Waals surface area contributed by atoms with Gasteiger partial charge in [-0.25, -0.2) is 9.97 Å². The van der Waals surface area contributed by atoms with E-state index in [1.165, 1.54) is 6.20 Å². The van der Waals surface area contributed by atoms with E-state index in [-0.39, 0.29) is 23.6 Å². The van der Waals surface area contributed by atoms with E-state index in [1.807, 2.05) is 13.8 Å². The van der Waals surface area contributed by atoms with Crippen molar-refractivity contribution in [3.8, 4) is 0 Å². The zero-order valence-electron chi connectivity index (χ0n) is 10.2. The average Bonchev–Trinajstić information content (AvgIpc) is 2.21. The molecule has 0 bridgehead atoms. The summed E-state index contributed by atoms with van der Waals surface area (Å²) in [7, 11) is 0. The number of carbonyl (C=O) groups excluding carboxylic acids is 1. The standard InChI is InChI=1S/C11H16ClN3O2/c1-4-17-9(16)5-8-6-13-11(14-7(2)3)15-10(8)12/h6-7H,4-5H2,1-3H3,(H,13,14,15). The van der Waals surface area contributed by atoms with Crippen LogP contribution in [0.3, 0.4) is 0 Å². The fourth-order valence-electron chi connectivity index (χ4n) is 1.20. The number of aromatic nitrogens is 2. The van der Waals surface area contributed by atoms with Crippen molar-refractivity contribution in [2.75, 3.05) is 11.9 Å². The fraction of sp³-hybridized carbons (Fsp3) is 0.545. The lowest BCUT2D eigenvalue weighted by Crippen LogP contribution is -2.14. The smallest absolute Gasteiger partial charge is 0.310 e. The van der Waals surface area contributed by atoms with Crippen molar-refractivity contribution in [1.29, 1.82) is 0 Å². The maximum absolute atomic E-state index is 11.3. The topological polar surface area (TPSA) is 64.1 Å². The molecule has 0 aliphatic heterocycles. The molecule has 1 aromatic heterocycles. The molecule has 1 heterocycles. The Labute approximate surface area is 106 Å². The number of rotatable bonds is 5. The number of anilines is 1. The van der Waals surface area contributed by atoms with Gasteiger partial charge in [0.2, 0.25) is 5.95 Å². The van der Waals surface area contributed by atoms with Gasteiger partial charge in [-0.05, 0) is 20.8 Å². The summed E-state index contributed by atoms with van der Waals surface area (Å²) < 4.78 is 4.83. The Hall–Kier alpha value is -1.36. The molecule has 17 heavy (non-hydrogen) atoms. The Morgan fingerprint density at radius 3 is 2.82 bits per heavy atom. The van der Waals surface area contributed by atoms with Crippen molar-refractivity contribution >= 4 is 23.5 Å². The number of esters is 1. The van der Waals surface area contributed by atoms with Gasteiger partial charge in [0.15, 0.2) is 0 Å². The maximum Gasteiger partial charge on any atom is 0.310 e. The van der Waals surface area contributed by atoms with E-state index >= 15 is 0 Å². The minimum Gasteiger partial charge on any atom is -0.466 e. The summed E-state index contributed by atoms with van der Waals surface area (Å²) in [5, 5.41) is 3.30. The molecule has 5 nitrogen and oxygen atoms in total. The van der Waals surface area contributed by atoms with Crippen molar-refractivity contribution in [3.05, 3.63) is 16.9 Å².